The predicted octanol–water partition coefficient (Wildman–Crippen LogP) is 6.34. The molecule has 2 heteroatoms. The molecule has 0 aromatic heterocycles. The largest absolute Gasteiger partial charge is 0.311 e. The molecule has 5 fully saturated rings. The third-order valence-corrected chi connectivity index (χ3v) is 8.91. The van der Waals surface area contributed by atoms with E-state index in [1.807, 2.05) is 0 Å². The zero-order chi connectivity index (χ0) is 17.9. The van der Waals surface area contributed by atoms with Crippen LogP contribution in [0.1, 0.15) is 77.2 Å². The van der Waals surface area contributed by atoms with Crippen LogP contribution < -0.4 is 5.32 Å². The normalized spacial score (nSPS) is 45.2. The Balaban J connectivity index is 1.42. The van der Waals surface area contributed by atoms with Gasteiger partial charge in [0.2, 0.25) is 0 Å². The van der Waals surface area contributed by atoms with Crippen molar-refractivity contribution < 1.29 is 0 Å². The summed E-state index contributed by atoms with van der Waals surface area (Å²) in [5, 5.41) is 5.00. The maximum atomic E-state index is 6.19. The van der Waals surface area contributed by atoms with Crippen molar-refractivity contribution in [3.63, 3.8) is 0 Å². The van der Waals surface area contributed by atoms with E-state index in [2.05, 4.69) is 43.4 Å². The number of hydrogen-bond donors (Lipinski definition) is 1. The summed E-state index contributed by atoms with van der Waals surface area (Å²) in [5.74, 6) is 2.80. The van der Waals surface area contributed by atoms with Crippen LogP contribution in [0.2, 0.25) is 5.02 Å². The van der Waals surface area contributed by atoms with Gasteiger partial charge in [0.05, 0.1) is 0 Å². The van der Waals surface area contributed by atoms with Gasteiger partial charge < -0.3 is 5.32 Å². The number of benzene rings is 1. The van der Waals surface area contributed by atoms with E-state index in [9.17, 15) is 0 Å². The predicted molar refractivity (Wildman–Crippen MR) is 110 cm³/mol. The molecule has 0 heterocycles. The van der Waals surface area contributed by atoms with Crippen molar-refractivity contribution in [2.24, 2.45) is 23.2 Å². The Morgan fingerprint density at radius 2 is 1.69 bits per heavy atom. The molecule has 0 spiro atoms. The van der Waals surface area contributed by atoms with Crippen LogP contribution >= 0.6 is 11.6 Å². The third-order valence-electron chi connectivity index (χ3n) is 8.66. The molecule has 5 aliphatic rings. The summed E-state index contributed by atoms with van der Waals surface area (Å²) in [6.07, 6.45) is 12.8. The Kier molecular flexibility index (Phi) is 4.22. The molecular formula is C24H34ClN. The molecule has 1 aromatic rings. The molecule has 1 nitrogen and oxygen atoms in total. The lowest BCUT2D eigenvalue weighted by Crippen LogP contribution is -2.60. The number of hydrogen-bond acceptors (Lipinski definition) is 1. The summed E-state index contributed by atoms with van der Waals surface area (Å²) in [6.45, 7) is 4.94. The Labute approximate surface area is 164 Å². The van der Waals surface area contributed by atoms with Crippen molar-refractivity contribution in [2.45, 2.75) is 89.1 Å². The summed E-state index contributed by atoms with van der Waals surface area (Å²) in [5.41, 5.74) is 2.52. The minimum absolute atomic E-state index is 0.424. The average Bonchev–Trinajstić information content (AvgIpc) is 2.99. The molecule has 5 atom stereocenters. The van der Waals surface area contributed by atoms with Gasteiger partial charge in [-0.1, -0.05) is 30.7 Å². The molecule has 6 rings (SSSR count). The van der Waals surface area contributed by atoms with Crippen molar-refractivity contribution in [3.05, 3.63) is 34.9 Å². The fourth-order valence-electron chi connectivity index (χ4n) is 7.87. The Bertz CT molecular complexity index is 651. The summed E-state index contributed by atoms with van der Waals surface area (Å²) in [6, 6.07) is 10.3. The maximum absolute atomic E-state index is 6.19. The SMILES string of the molecule is C[C@@H]1CC[C@@H](N[C@H](C)C23C[C@H]4C[C@@H](CC(c5ccc(Cl)cc5)(C4)C2)C3)C1. The van der Waals surface area contributed by atoms with E-state index in [0.29, 0.717) is 16.9 Å². The standard InChI is InChI=1S/C24H34ClN/c1-16-3-8-22(9-16)26-17(2)23-11-18-10-19(12-23)14-24(13-18,15-23)20-4-6-21(25)7-5-20/h4-7,16-19,22,26H,3,8-15H2,1-2H3/t16-,17-,18-,19-,22-,23?,24?/m1/s1. The van der Waals surface area contributed by atoms with E-state index < -0.39 is 0 Å². The van der Waals surface area contributed by atoms with Crippen LogP contribution in [0.5, 0.6) is 0 Å². The molecule has 0 saturated heterocycles. The summed E-state index contributed by atoms with van der Waals surface area (Å²) >= 11 is 6.19. The van der Waals surface area contributed by atoms with Gasteiger partial charge in [-0.05, 0) is 111 Å². The summed E-state index contributed by atoms with van der Waals surface area (Å²) in [4.78, 5) is 0. The van der Waals surface area contributed by atoms with Gasteiger partial charge in [-0.2, -0.15) is 0 Å². The fraction of sp³-hybridized carbons (Fsp3) is 0.750. The molecule has 0 aliphatic heterocycles. The molecule has 0 unspecified atom stereocenters. The molecule has 0 amide bonds. The molecular weight excluding hydrogens is 338 g/mol. The molecule has 1 N–H and O–H groups in total. The molecule has 5 aliphatic carbocycles. The monoisotopic (exact) mass is 371 g/mol. The highest BCUT2D eigenvalue weighted by atomic mass is 35.5. The van der Waals surface area contributed by atoms with Crippen molar-refractivity contribution >= 4 is 11.6 Å². The van der Waals surface area contributed by atoms with Crippen molar-refractivity contribution in [1.29, 1.82) is 0 Å². The van der Waals surface area contributed by atoms with Crippen LogP contribution in [0.25, 0.3) is 0 Å². The fourth-order valence-corrected chi connectivity index (χ4v) is 8.00. The third kappa shape index (κ3) is 2.85. The van der Waals surface area contributed by atoms with E-state index in [4.69, 9.17) is 11.6 Å². The number of nitrogens with one attached hydrogen (secondary N) is 1. The van der Waals surface area contributed by atoms with Crippen LogP contribution in [-0.4, -0.2) is 12.1 Å². The van der Waals surface area contributed by atoms with Crippen molar-refractivity contribution in [2.75, 3.05) is 0 Å². The lowest BCUT2D eigenvalue weighted by Gasteiger charge is -2.64. The van der Waals surface area contributed by atoms with E-state index >= 15 is 0 Å². The van der Waals surface area contributed by atoms with Gasteiger partial charge in [0.15, 0.2) is 0 Å². The highest BCUT2D eigenvalue weighted by molar-refractivity contribution is 6.30. The summed E-state index contributed by atoms with van der Waals surface area (Å²) in [7, 11) is 0. The Morgan fingerprint density at radius 1 is 1.00 bits per heavy atom. The maximum Gasteiger partial charge on any atom is 0.0406 e. The first-order valence-corrected chi connectivity index (χ1v) is 11.4. The number of halogens is 1. The van der Waals surface area contributed by atoms with Crippen LogP contribution in [0.15, 0.2) is 24.3 Å². The van der Waals surface area contributed by atoms with E-state index in [-0.39, 0.29) is 0 Å². The van der Waals surface area contributed by atoms with Crippen LogP contribution in [0.3, 0.4) is 0 Å². The second-order valence-electron chi connectivity index (χ2n) is 10.6. The van der Waals surface area contributed by atoms with Gasteiger partial charge in [0, 0.05) is 17.1 Å². The molecule has 142 valence electrons. The van der Waals surface area contributed by atoms with E-state index in [1.54, 1.807) is 5.56 Å². The first kappa shape index (κ1) is 17.6. The highest BCUT2D eigenvalue weighted by Gasteiger charge is 2.59. The lowest BCUT2D eigenvalue weighted by atomic mass is 9.41. The van der Waals surface area contributed by atoms with Crippen LogP contribution in [0.4, 0.5) is 0 Å². The summed E-state index contributed by atoms with van der Waals surface area (Å²) < 4.78 is 0. The molecule has 26 heavy (non-hydrogen) atoms. The molecule has 1 aromatic carbocycles. The van der Waals surface area contributed by atoms with Gasteiger partial charge in [-0.15, -0.1) is 0 Å². The topological polar surface area (TPSA) is 12.0 Å². The van der Waals surface area contributed by atoms with Gasteiger partial charge >= 0.3 is 0 Å². The zero-order valence-electron chi connectivity index (χ0n) is 16.4. The van der Waals surface area contributed by atoms with Gasteiger partial charge in [-0.25, -0.2) is 0 Å². The first-order chi connectivity index (χ1) is 12.5. The second kappa shape index (κ2) is 6.24. The van der Waals surface area contributed by atoms with Gasteiger partial charge in [0.25, 0.3) is 0 Å². The van der Waals surface area contributed by atoms with E-state index in [0.717, 1.165) is 28.8 Å². The van der Waals surface area contributed by atoms with Gasteiger partial charge in [-0.3, -0.25) is 0 Å². The molecule has 4 bridgehead atoms. The second-order valence-corrected chi connectivity index (χ2v) is 11.1. The Morgan fingerprint density at radius 3 is 2.31 bits per heavy atom. The quantitative estimate of drug-likeness (QED) is 0.650. The Hall–Kier alpha value is -0.530. The van der Waals surface area contributed by atoms with Crippen molar-refractivity contribution in [1.82, 2.24) is 5.32 Å². The smallest absolute Gasteiger partial charge is 0.0406 e. The minimum Gasteiger partial charge on any atom is -0.311 e. The minimum atomic E-state index is 0.424. The van der Waals surface area contributed by atoms with Crippen LogP contribution in [-0.2, 0) is 5.41 Å². The molecule has 0 radical (unpaired) electrons. The van der Waals surface area contributed by atoms with E-state index in [1.165, 1.54) is 57.8 Å². The molecule has 5 saturated carbocycles. The number of rotatable bonds is 4. The lowest BCUT2D eigenvalue weighted by molar-refractivity contribution is -0.0895. The highest BCUT2D eigenvalue weighted by Crippen LogP contribution is 2.66. The van der Waals surface area contributed by atoms with Gasteiger partial charge in [0.1, 0.15) is 0 Å². The first-order valence-electron chi connectivity index (χ1n) is 11.0. The van der Waals surface area contributed by atoms with Crippen molar-refractivity contribution in [3.8, 4) is 0 Å². The van der Waals surface area contributed by atoms with Crippen LogP contribution in [0, 0.1) is 23.2 Å². The zero-order valence-corrected chi connectivity index (χ0v) is 17.2. The average molecular weight is 372 g/mol.